The maximum Gasteiger partial charge on any atom is 0.511 e. The van der Waals surface area contributed by atoms with E-state index in [0.717, 1.165) is 0 Å². The Labute approximate surface area is 89.9 Å². The lowest BCUT2D eigenvalue weighted by Crippen LogP contribution is -2.45. The van der Waals surface area contributed by atoms with E-state index < -0.39 is 40.5 Å². The second-order valence-corrected chi connectivity index (χ2v) is 5.39. The molecule has 94 valence electrons. The molecule has 0 radical (unpaired) electrons. The minimum Gasteiger partial charge on any atom is -0.481 e. The number of carbonyl (C=O) groups is 1. The molecule has 16 heavy (non-hydrogen) atoms. The third-order valence-electron chi connectivity index (χ3n) is 2.44. The second kappa shape index (κ2) is 4.21. The lowest BCUT2D eigenvalue weighted by atomic mass is 9.99. The molecule has 1 rings (SSSR count). The standard InChI is InChI=1S/C7H10F3NO4S/c8-7(9,10)16(14,15)11-3-1-5(2-4-11)6(12)13/h5H,1-4H2,(H,12,13). The van der Waals surface area contributed by atoms with Crippen LogP contribution in [-0.4, -0.2) is 42.4 Å². The summed E-state index contributed by atoms with van der Waals surface area (Å²) in [6.07, 6.45) is -0.185. The summed E-state index contributed by atoms with van der Waals surface area (Å²) >= 11 is 0. The molecule has 0 atom stereocenters. The van der Waals surface area contributed by atoms with Crippen molar-refractivity contribution < 1.29 is 31.5 Å². The highest BCUT2D eigenvalue weighted by Crippen LogP contribution is 2.30. The van der Waals surface area contributed by atoms with Crippen LogP contribution in [0.5, 0.6) is 0 Å². The van der Waals surface area contributed by atoms with Crippen molar-refractivity contribution in [1.82, 2.24) is 4.31 Å². The molecule has 1 saturated heterocycles. The van der Waals surface area contributed by atoms with Gasteiger partial charge in [0.25, 0.3) is 0 Å². The van der Waals surface area contributed by atoms with Gasteiger partial charge in [-0.2, -0.15) is 17.5 Å². The fourth-order valence-corrected chi connectivity index (χ4v) is 2.47. The van der Waals surface area contributed by atoms with Gasteiger partial charge in [0.2, 0.25) is 0 Å². The Morgan fingerprint density at radius 2 is 1.69 bits per heavy atom. The van der Waals surface area contributed by atoms with E-state index in [4.69, 9.17) is 5.11 Å². The third kappa shape index (κ3) is 2.46. The number of hydrogen-bond acceptors (Lipinski definition) is 3. The molecule has 1 aliphatic rings. The monoisotopic (exact) mass is 261 g/mol. The molecule has 0 aromatic carbocycles. The van der Waals surface area contributed by atoms with E-state index in [1.165, 1.54) is 0 Å². The van der Waals surface area contributed by atoms with Crippen LogP contribution in [-0.2, 0) is 14.8 Å². The quantitative estimate of drug-likeness (QED) is 0.791. The van der Waals surface area contributed by atoms with Gasteiger partial charge in [-0.25, -0.2) is 8.42 Å². The van der Waals surface area contributed by atoms with Gasteiger partial charge < -0.3 is 5.11 Å². The van der Waals surface area contributed by atoms with Crippen LogP contribution < -0.4 is 0 Å². The maximum absolute atomic E-state index is 12.1. The van der Waals surface area contributed by atoms with Gasteiger partial charge in [-0.3, -0.25) is 4.79 Å². The van der Waals surface area contributed by atoms with Crippen LogP contribution in [0.2, 0.25) is 0 Å². The fourth-order valence-electron chi connectivity index (χ4n) is 1.49. The lowest BCUT2D eigenvalue weighted by molar-refractivity contribution is -0.143. The predicted octanol–water partition coefficient (Wildman–Crippen LogP) is 0.633. The van der Waals surface area contributed by atoms with Gasteiger partial charge >= 0.3 is 21.5 Å². The van der Waals surface area contributed by atoms with Gasteiger partial charge in [0.1, 0.15) is 0 Å². The van der Waals surface area contributed by atoms with Crippen LogP contribution in [0.4, 0.5) is 13.2 Å². The molecule has 0 aromatic rings. The van der Waals surface area contributed by atoms with E-state index in [1.54, 1.807) is 0 Å². The highest BCUT2D eigenvalue weighted by Gasteiger charge is 2.50. The zero-order valence-corrected chi connectivity index (χ0v) is 8.88. The van der Waals surface area contributed by atoms with Gasteiger partial charge in [-0.05, 0) is 12.8 Å². The summed E-state index contributed by atoms with van der Waals surface area (Å²) < 4.78 is 58.5. The summed E-state index contributed by atoms with van der Waals surface area (Å²) in [6.45, 7) is -0.808. The van der Waals surface area contributed by atoms with Gasteiger partial charge in [0.05, 0.1) is 5.92 Å². The minimum atomic E-state index is -5.32. The average molecular weight is 261 g/mol. The molecule has 1 heterocycles. The zero-order valence-electron chi connectivity index (χ0n) is 8.07. The molecule has 0 bridgehead atoms. The van der Waals surface area contributed by atoms with Crippen LogP contribution in [0.25, 0.3) is 0 Å². The van der Waals surface area contributed by atoms with Crippen molar-refractivity contribution in [3.63, 3.8) is 0 Å². The maximum atomic E-state index is 12.1. The first-order valence-corrected chi connectivity index (χ1v) is 5.89. The van der Waals surface area contributed by atoms with E-state index in [0.29, 0.717) is 0 Å². The molecule has 9 heteroatoms. The van der Waals surface area contributed by atoms with Crippen LogP contribution in [0.1, 0.15) is 12.8 Å². The predicted molar refractivity (Wildman–Crippen MR) is 46.9 cm³/mol. The number of carboxylic acid groups (broad SMARTS) is 1. The molecule has 0 spiro atoms. The molecule has 1 aliphatic heterocycles. The number of halogens is 3. The molecular formula is C7H10F3NO4S. The number of hydrogen-bond donors (Lipinski definition) is 1. The molecular weight excluding hydrogens is 251 g/mol. The molecule has 1 N–H and O–H groups in total. The second-order valence-electron chi connectivity index (χ2n) is 3.46. The first kappa shape index (κ1) is 13.2. The van der Waals surface area contributed by atoms with Crippen molar-refractivity contribution >= 4 is 16.0 Å². The van der Waals surface area contributed by atoms with Crippen molar-refractivity contribution in [3.05, 3.63) is 0 Å². The fraction of sp³-hybridized carbons (Fsp3) is 0.857. The number of sulfonamides is 1. The average Bonchev–Trinajstić information content (AvgIpc) is 2.16. The Balaban J connectivity index is 2.72. The Hall–Kier alpha value is -0.830. The summed E-state index contributed by atoms with van der Waals surface area (Å²) in [6, 6.07) is 0. The number of piperidine rings is 1. The largest absolute Gasteiger partial charge is 0.511 e. The highest BCUT2D eigenvalue weighted by molar-refractivity contribution is 7.90. The van der Waals surface area contributed by atoms with Crippen LogP contribution in [0.15, 0.2) is 0 Å². The Bertz CT molecular complexity index is 370. The Morgan fingerprint density at radius 3 is 2.00 bits per heavy atom. The third-order valence-corrected chi connectivity index (χ3v) is 4.07. The summed E-state index contributed by atoms with van der Waals surface area (Å²) in [5.41, 5.74) is -5.32. The van der Waals surface area contributed by atoms with Gasteiger partial charge in [-0.15, -0.1) is 0 Å². The summed E-state index contributed by atoms with van der Waals surface area (Å²) in [7, 11) is -5.31. The van der Waals surface area contributed by atoms with E-state index in [1.807, 2.05) is 0 Å². The van der Waals surface area contributed by atoms with Gasteiger partial charge in [-0.1, -0.05) is 0 Å². The van der Waals surface area contributed by atoms with E-state index in [-0.39, 0.29) is 17.1 Å². The van der Waals surface area contributed by atoms with Crippen molar-refractivity contribution in [2.45, 2.75) is 18.3 Å². The smallest absolute Gasteiger partial charge is 0.481 e. The first-order valence-electron chi connectivity index (χ1n) is 4.45. The van der Waals surface area contributed by atoms with Crippen molar-refractivity contribution in [2.75, 3.05) is 13.1 Å². The minimum absolute atomic E-state index is 0.0926. The molecule has 5 nitrogen and oxygen atoms in total. The lowest BCUT2D eigenvalue weighted by Gasteiger charge is -2.29. The van der Waals surface area contributed by atoms with Crippen molar-refractivity contribution in [1.29, 1.82) is 0 Å². The van der Waals surface area contributed by atoms with Crippen LogP contribution >= 0.6 is 0 Å². The topological polar surface area (TPSA) is 74.7 Å². The van der Waals surface area contributed by atoms with Gasteiger partial charge in [0.15, 0.2) is 0 Å². The molecule has 1 fully saturated rings. The summed E-state index contributed by atoms with van der Waals surface area (Å²) in [5.74, 6) is -1.87. The number of rotatable bonds is 2. The normalized spacial score (nSPS) is 20.9. The van der Waals surface area contributed by atoms with E-state index in [2.05, 4.69) is 0 Å². The molecule has 0 aromatic heterocycles. The molecule has 0 unspecified atom stereocenters. The number of nitrogens with zero attached hydrogens (tertiary/aromatic N) is 1. The van der Waals surface area contributed by atoms with Crippen LogP contribution in [0.3, 0.4) is 0 Å². The van der Waals surface area contributed by atoms with Crippen LogP contribution in [0, 0.1) is 5.92 Å². The Morgan fingerprint density at radius 1 is 1.25 bits per heavy atom. The number of carboxylic acids is 1. The molecule has 0 aliphatic carbocycles. The van der Waals surface area contributed by atoms with Crippen molar-refractivity contribution in [2.24, 2.45) is 5.92 Å². The first-order chi connectivity index (χ1) is 7.16. The van der Waals surface area contributed by atoms with Gasteiger partial charge in [0, 0.05) is 13.1 Å². The Kier molecular flexibility index (Phi) is 3.48. The number of alkyl halides is 3. The number of aliphatic carboxylic acids is 1. The van der Waals surface area contributed by atoms with E-state index in [9.17, 15) is 26.4 Å². The zero-order chi connectivity index (χ0) is 12.6. The van der Waals surface area contributed by atoms with E-state index >= 15 is 0 Å². The molecule has 0 amide bonds. The van der Waals surface area contributed by atoms with Crippen molar-refractivity contribution in [3.8, 4) is 0 Å². The highest BCUT2D eigenvalue weighted by atomic mass is 32.2. The summed E-state index contributed by atoms with van der Waals surface area (Å²) in [5, 5.41) is 8.60. The SMILES string of the molecule is O=C(O)C1CCN(S(=O)(=O)C(F)(F)F)CC1. The summed E-state index contributed by atoms with van der Waals surface area (Å²) in [4.78, 5) is 10.5. The molecule has 0 saturated carbocycles.